The topological polar surface area (TPSA) is 59.3 Å². The number of fused-ring (bicyclic) bond motifs is 1. The number of nitrogens with zero attached hydrogens (tertiary/aromatic N) is 3. The summed E-state index contributed by atoms with van der Waals surface area (Å²) in [7, 11) is 0. The van der Waals surface area contributed by atoms with Gasteiger partial charge in [-0.1, -0.05) is 18.2 Å². The average Bonchev–Trinajstić information content (AvgIpc) is 3.20. The lowest BCUT2D eigenvalue weighted by Crippen LogP contribution is -2.30. The highest BCUT2D eigenvalue weighted by molar-refractivity contribution is 5.94. The van der Waals surface area contributed by atoms with Gasteiger partial charge in [-0.15, -0.1) is 0 Å². The van der Waals surface area contributed by atoms with Crippen LogP contribution in [0.2, 0.25) is 0 Å². The van der Waals surface area contributed by atoms with Crippen molar-refractivity contribution >= 4 is 11.6 Å². The molecule has 0 bridgehead atoms. The Labute approximate surface area is 170 Å². The van der Waals surface area contributed by atoms with Gasteiger partial charge in [0, 0.05) is 24.8 Å². The molecule has 4 rings (SSSR count). The molecule has 4 aromatic rings. The SMILES string of the molecule is Cc1cccnc1[C@@H](NC(=O)c1ccc2nccn2c1)c1ccc(C(F)(F)F)cc1. The van der Waals surface area contributed by atoms with Crippen LogP contribution in [0.25, 0.3) is 5.65 Å². The van der Waals surface area contributed by atoms with Gasteiger partial charge in [-0.05, 0) is 48.4 Å². The van der Waals surface area contributed by atoms with E-state index in [0.717, 1.165) is 17.7 Å². The van der Waals surface area contributed by atoms with Crippen LogP contribution < -0.4 is 5.32 Å². The Bertz CT molecular complexity index is 1200. The van der Waals surface area contributed by atoms with E-state index in [1.807, 2.05) is 13.0 Å². The number of hydrogen-bond donors (Lipinski definition) is 1. The fraction of sp³-hybridized carbons (Fsp3) is 0.136. The number of amides is 1. The van der Waals surface area contributed by atoms with Gasteiger partial charge in [-0.2, -0.15) is 13.2 Å². The molecule has 1 aromatic carbocycles. The average molecular weight is 410 g/mol. The second-order valence-electron chi connectivity index (χ2n) is 6.84. The lowest BCUT2D eigenvalue weighted by atomic mass is 9.98. The molecule has 1 N–H and O–H groups in total. The summed E-state index contributed by atoms with van der Waals surface area (Å²) in [6.45, 7) is 1.84. The maximum atomic E-state index is 13.0. The maximum absolute atomic E-state index is 13.0. The summed E-state index contributed by atoms with van der Waals surface area (Å²) >= 11 is 0. The number of aryl methyl sites for hydroxylation is 1. The largest absolute Gasteiger partial charge is 0.416 e. The van der Waals surface area contributed by atoms with Crippen molar-refractivity contribution < 1.29 is 18.0 Å². The number of alkyl halides is 3. The van der Waals surface area contributed by atoms with Crippen LogP contribution in [0.3, 0.4) is 0 Å². The number of carbonyl (C=O) groups excluding carboxylic acids is 1. The second kappa shape index (κ2) is 7.62. The first-order valence-corrected chi connectivity index (χ1v) is 9.15. The van der Waals surface area contributed by atoms with Gasteiger partial charge in [0.15, 0.2) is 0 Å². The third-order valence-electron chi connectivity index (χ3n) is 4.82. The molecule has 0 aliphatic carbocycles. The number of aromatic nitrogens is 3. The van der Waals surface area contributed by atoms with Gasteiger partial charge >= 0.3 is 6.18 Å². The summed E-state index contributed by atoms with van der Waals surface area (Å²) in [5.74, 6) is -0.374. The van der Waals surface area contributed by atoms with E-state index in [9.17, 15) is 18.0 Å². The molecule has 0 spiro atoms. The van der Waals surface area contributed by atoms with Crippen molar-refractivity contribution in [1.29, 1.82) is 0 Å². The highest BCUT2D eigenvalue weighted by Crippen LogP contribution is 2.31. The molecule has 1 amide bonds. The standard InChI is InChI=1S/C22H17F3N4O/c1-14-3-2-10-27-19(14)20(15-4-7-17(8-5-15)22(23,24)25)28-21(30)16-6-9-18-26-11-12-29(18)13-16/h2-13,20H,1H3,(H,28,30)/t20-/m0/s1. The Kier molecular flexibility index (Phi) is 4.99. The van der Waals surface area contributed by atoms with Crippen LogP contribution in [-0.2, 0) is 6.18 Å². The number of carbonyl (C=O) groups is 1. The van der Waals surface area contributed by atoms with Gasteiger partial charge in [0.1, 0.15) is 5.65 Å². The lowest BCUT2D eigenvalue weighted by molar-refractivity contribution is -0.137. The summed E-state index contributed by atoms with van der Waals surface area (Å²) in [4.78, 5) is 21.5. The van der Waals surface area contributed by atoms with Crippen LogP contribution in [0.5, 0.6) is 0 Å². The first-order chi connectivity index (χ1) is 14.3. The molecular weight excluding hydrogens is 393 g/mol. The lowest BCUT2D eigenvalue weighted by Gasteiger charge is -2.21. The first-order valence-electron chi connectivity index (χ1n) is 9.15. The normalized spacial score (nSPS) is 12.7. The van der Waals surface area contributed by atoms with Crippen LogP contribution in [0.4, 0.5) is 13.2 Å². The molecule has 152 valence electrons. The summed E-state index contributed by atoms with van der Waals surface area (Å²) in [5, 5.41) is 2.91. The zero-order chi connectivity index (χ0) is 21.3. The zero-order valence-electron chi connectivity index (χ0n) is 15.9. The van der Waals surface area contributed by atoms with E-state index >= 15 is 0 Å². The van der Waals surface area contributed by atoms with Gasteiger partial charge in [0.05, 0.1) is 22.9 Å². The predicted octanol–water partition coefficient (Wildman–Crippen LogP) is 4.58. The minimum Gasteiger partial charge on any atom is -0.339 e. The summed E-state index contributed by atoms with van der Waals surface area (Å²) < 4.78 is 40.6. The zero-order valence-corrected chi connectivity index (χ0v) is 15.9. The minimum atomic E-state index is -4.43. The highest BCUT2D eigenvalue weighted by Gasteiger charge is 2.30. The number of nitrogens with one attached hydrogen (secondary N) is 1. The van der Waals surface area contributed by atoms with E-state index in [2.05, 4.69) is 15.3 Å². The van der Waals surface area contributed by atoms with Crippen molar-refractivity contribution in [2.24, 2.45) is 0 Å². The molecule has 8 heteroatoms. The summed E-state index contributed by atoms with van der Waals surface area (Å²) in [6, 6.07) is 11.0. The molecule has 3 heterocycles. The molecule has 0 unspecified atom stereocenters. The van der Waals surface area contributed by atoms with Crippen LogP contribution in [-0.4, -0.2) is 20.3 Å². The monoisotopic (exact) mass is 410 g/mol. The first kappa shape index (κ1) is 19.6. The third kappa shape index (κ3) is 3.89. The molecule has 30 heavy (non-hydrogen) atoms. The molecular formula is C22H17F3N4O. The van der Waals surface area contributed by atoms with Crippen LogP contribution >= 0.6 is 0 Å². The van der Waals surface area contributed by atoms with Crippen LogP contribution in [0.15, 0.2) is 73.3 Å². The molecule has 1 atom stereocenters. The van der Waals surface area contributed by atoms with E-state index in [0.29, 0.717) is 22.5 Å². The van der Waals surface area contributed by atoms with Gasteiger partial charge in [-0.3, -0.25) is 9.78 Å². The number of rotatable bonds is 4. The molecule has 0 aliphatic rings. The Balaban J connectivity index is 1.70. The van der Waals surface area contributed by atoms with Crippen molar-refractivity contribution in [1.82, 2.24) is 19.7 Å². The van der Waals surface area contributed by atoms with Crippen LogP contribution in [0.1, 0.15) is 38.8 Å². The van der Waals surface area contributed by atoms with Crippen molar-refractivity contribution in [3.63, 3.8) is 0 Å². The fourth-order valence-electron chi connectivity index (χ4n) is 3.24. The van der Waals surface area contributed by atoms with E-state index < -0.39 is 17.8 Å². The van der Waals surface area contributed by atoms with E-state index in [-0.39, 0.29) is 5.91 Å². The van der Waals surface area contributed by atoms with Crippen molar-refractivity contribution in [3.05, 3.63) is 101 Å². The van der Waals surface area contributed by atoms with E-state index in [4.69, 9.17) is 0 Å². The fourth-order valence-corrected chi connectivity index (χ4v) is 3.24. The highest BCUT2D eigenvalue weighted by atomic mass is 19.4. The van der Waals surface area contributed by atoms with Crippen LogP contribution in [0, 0.1) is 6.92 Å². The van der Waals surface area contributed by atoms with Crippen molar-refractivity contribution in [2.75, 3.05) is 0 Å². The third-order valence-corrected chi connectivity index (χ3v) is 4.82. The number of benzene rings is 1. The van der Waals surface area contributed by atoms with E-state index in [1.54, 1.807) is 47.4 Å². The van der Waals surface area contributed by atoms with Gasteiger partial charge in [0.25, 0.3) is 5.91 Å². The number of pyridine rings is 2. The van der Waals surface area contributed by atoms with Gasteiger partial charge in [0.2, 0.25) is 0 Å². The summed E-state index contributed by atoms with van der Waals surface area (Å²) in [6.07, 6.45) is 2.15. The molecule has 0 saturated heterocycles. The maximum Gasteiger partial charge on any atom is 0.416 e. The van der Waals surface area contributed by atoms with Crippen molar-refractivity contribution in [3.8, 4) is 0 Å². The minimum absolute atomic E-state index is 0.374. The van der Waals surface area contributed by atoms with Gasteiger partial charge < -0.3 is 9.72 Å². The quantitative estimate of drug-likeness (QED) is 0.536. The van der Waals surface area contributed by atoms with E-state index in [1.165, 1.54) is 12.1 Å². The number of imidazole rings is 1. The molecule has 3 aromatic heterocycles. The molecule has 0 aliphatic heterocycles. The number of hydrogen-bond acceptors (Lipinski definition) is 3. The Morgan fingerprint density at radius 2 is 1.80 bits per heavy atom. The summed E-state index contributed by atoms with van der Waals surface area (Å²) in [5.41, 5.74) is 2.22. The Hall–Kier alpha value is -3.68. The molecule has 5 nitrogen and oxygen atoms in total. The second-order valence-corrected chi connectivity index (χ2v) is 6.84. The molecule has 0 fully saturated rings. The Morgan fingerprint density at radius 3 is 2.50 bits per heavy atom. The predicted molar refractivity (Wildman–Crippen MR) is 105 cm³/mol. The van der Waals surface area contributed by atoms with Gasteiger partial charge in [-0.25, -0.2) is 4.98 Å². The number of halogens is 3. The smallest absolute Gasteiger partial charge is 0.339 e. The molecule has 0 saturated carbocycles. The molecule has 0 radical (unpaired) electrons. The Morgan fingerprint density at radius 1 is 1.03 bits per heavy atom. The van der Waals surface area contributed by atoms with Crippen molar-refractivity contribution in [2.45, 2.75) is 19.1 Å².